The first-order valence-corrected chi connectivity index (χ1v) is 10.0. The van der Waals surface area contributed by atoms with E-state index in [-0.39, 0.29) is 29.0 Å². The molecule has 1 aliphatic heterocycles. The predicted molar refractivity (Wildman–Crippen MR) is 110 cm³/mol. The smallest absolute Gasteiger partial charge is 0.270 e. The number of hydrogen-bond donors (Lipinski definition) is 2. The van der Waals surface area contributed by atoms with Crippen molar-refractivity contribution >= 4 is 11.8 Å². The van der Waals surface area contributed by atoms with Crippen LogP contribution in [0.2, 0.25) is 0 Å². The molecule has 0 bridgehead atoms. The van der Waals surface area contributed by atoms with Crippen LogP contribution in [0.3, 0.4) is 0 Å². The highest BCUT2D eigenvalue weighted by Crippen LogP contribution is 2.56. The van der Waals surface area contributed by atoms with Crippen molar-refractivity contribution in [2.75, 3.05) is 19.6 Å². The molecule has 29 heavy (non-hydrogen) atoms. The van der Waals surface area contributed by atoms with E-state index < -0.39 is 0 Å². The van der Waals surface area contributed by atoms with Crippen molar-refractivity contribution in [2.45, 2.75) is 26.2 Å². The average molecular weight is 395 g/mol. The van der Waals surface area contributed by atoms with Crippen LogP contribution in [-0.4, -0.2) is 41.3 Å². The maximum Gasteiger partial charge on any atom is 0.270 e. The van der Waals surface area contributed by atoms with E-state index in [0.29, 0.717) is 43.0 Å². The normalized spacial score (nSPS) is 19.4. The fourth-order valence-corrected chi connectivity index (χ4v) is 4.30. The number of carbonyl (C=O) groups is 2. The molecular weight excluding hydrogens is 369 g/mol. The number of rotatable bonds is 6. The zero-order valence-corrected chi connectivity index (χ0v) is 16.6. The van der Waals surface area contributed by atoms with Crippen molar-refractivity contribution in [1.29, 1.82) is 0 Å². The van der Waals surface area contributed by atoms with Gasteiger partial charge in [-0.15, -0.1) is 0 Å². The Kier molecular flexibility index (Phi) is 5.03. The molecule has 6 heteroatoms. The summed E-state index contributed by atoms with van der Waals surface area (Å²) in [5.74, 6) is -0.148. The van der Waals surface area contributed by atoms with E-state index in [1.165, 1.54) is 6.07 Å². The first-order chi connectivity index (χ1) is 13.9. The van der Waals surface area contributed by atoms with Gasteiger partial charge in [0.25, 0.3) is 5.91 Å². The molecule has 1 atom stereocenters. The van der Waals surface area contributed by atoms with Gasteiger partial charge in [0.2, 0.25) is 5.91 Å². The summed E-state index contributed by atoms with van der Waals surface area (Å²) in [6.07, 6.45) is 2.51. The fraction of sp³-hybridized carbons (Fsp3) is 0.391. The highest BCUT2D eigenvalue weighted by Gasteiger charge is 2.55. The molecule has 1 aliphatic carbocycles. The molecule has 2 heterocycles. The summed E-state index contributed by atoms with van der Waals surface area (Å²) in [6.45, 7) is 7.53. The Morgan fingerprint density at radius 2 is 2.03 bits per heavy atom. The molecule has 1 aromatic heterocycles. The van der Waals surface area contributed by atoms with Crippen LogP contribution in [-0.2, 0) is 4.79 Å². The zero-order valence-electron chi connectivity index (χ0n) is 16.6. The van der Waals surface area contributed by atoms with Gasteiger partial charge in [-0.1, -0.05) is 24.3 Å². The van der Waals surface area contributed by atoms with Gasteiger partial charge in [0.05, 0.1) is 0 Å². The second kappa shape index (κ2) is 7.50. The van der Waals surface area contributed by atoms with Crippen molar-refractivity contribution in [3.8, 4) is 11.3 Å². The number of H-pyrrole nitrogens is 1. The van der Waals surface area contributed by atoms with E-state index in [1.807, 2.05) is 11.8 Å². The van der Waals surface area contributed by atoms with Crippen LogP contribution < -0.4 is 5.32 Å². The first kappa shape index (κ1) is 19.4. The van der Waals surface area contributed by atoms with Gasteiger partial charge < -0.3 is 15.2 Å². The van der Waals surface area contributed by atoms with Gasteiger partial charge in [0.1, 0.15) is 11.5 Å². The lowest BCUT2D eigenvalue weighted by molar-refractivity contribution is -0.120. The van der Waals surface area contributed by atoms with Crippen LogP contribution in [0.15, 0.2) is 48.6 Å². The van der Waals surface area contributed by atoms with Gasteiger partial charge in [0, 0.05) is 43.2 Å². The summed E-state index contributed by atoms with van der Waals surface area (Å²) in [6, 6.07) is 9.96. The number of hydrogen-bond acceptors (Lipinski definition) is 2. The fourth-order valence-electron chi connectivity index (χ4n) is 4.30. The maximum absolute atomic E-state index is 14.0. The van der Waals surface area contributed by atoms with Crippen LogP contribution in [0.4, 0.5) is 4.39 Å². The topological polar surface area (TPSA) is 65.2 Å². The molecule has 2 amide bonds. The summed E-state index contributed by atoms with van der Waals surface area (Å²) < 4.78 is 14.0. The van der Waals surface area contributed by atoms with Crippen LogP contribution >= 0.6 is 0 Å². The van der Waals surface area contributed by atoms with Crippen molar-refractivity contribution in [3.05, 3.63) is 60.1 Å². The Bertz CT molecular complexity index is 961. The second-order valence-electron chi connectivity index (χ2n) is 8.45. The van der Waals surface area contributed by atoms with Crippen LogP contribution in [0.5, 0.6) is 0 Å². The van der Waals surface area contributed by atoms with Gasteiger partial charge in [-0.3, -0.25) is 9.59 Å². The van der Waals surface area contributed by atoms with Crippen molar-refractivity contribution < 1.29 is 14.0 Å². The Morgan fingerprint density at radius 3 is 2.72 bits per heavy atom. The molecule has 1 spiro atoms. The molecule has 1 saturated heterocycles. The van der Waals surface area contributed by atoms with E-state index in [4.69, 9.17) is 0 Å². The number of aromatic amines is 1. The van der Waals surface area contributed by atoms with Gasteiger partial charge in [-0.25, -0.2) is 4.39 Å². The molecular formula is C23H26FN3O2. The van der Waals surface area contributed by atoms with E-state index in [2.05, 4.69) is 16.9 Å². The first-order valence-electron chi connectivity index (χ1n) is 10.0. The van der Waals surface area contributed by atoms with Gasteiger partial charge in [-0.2, -0.15) is 0 Å². The van der Waals surface area contributed by atoms with Crippen molar-refractivity contribution in [2.24, 2.45) is 11.3 Å². The van der Waals surface area contributed by atoms with Crippen molar-refractivity contribution in [1.82, 2.24) is 15.2 Å². The number of likely N-dealkylation sites (tertiary alicyclic amines) is 1. The molecule has 1 saturated carbocycles. The van der Waals surface area contributed by atoms with Crippen molar-refractivity contribution in [3.63, 3.8) is 0 Å². The van der Waals surface area contributed by atoms with Crippen LogP contribution in [0, 0.1) is 17.2 Å². The third-order valence-corrected chi connectivity index (χ3v) is 6.08. The summed E-state index contributed by atoms with van der Waals surface area (Å²) >= 11 is 0. The number of nitrogens with zero attached hydrogens (tertiary/aromatic N) is 1. The third kappa shape index (κ3) is 3.97. The molecule has 2 fully saturated rings. The molecule has 2 aliphatic rings. The lowest BCUT2D eigenvalue weighted by Crippen LogP contribution is -2.34. The Morgan fingerprint density at radius 1 is 1.28 bits per heavy atom. The molecule has 1 unspecified atom stereocenters. The number of halogens is 1. The molecule has 5 nitrogen and oxygen atoms in total. The Hall–Kier alpha value is -2.89. The molecule has 1 aromatic carbocycles. The number of nitrogens with one attached hydrogen (secondary N) is 2. The SMILES string of the molecule is C=C(C)CC(=O)NCC1CN(C(=O)c2ccc(-c3ccccc3F)[nH]2)CC12CC2. The number of amides is 2. The van der Waals surface area contributed by atoms with Gasteiger partial charge >= 0.3 is 0 Å². The van der Waals surface area contributed by atoms with Crippen LogP contribution in [0.25, 0.3) is 11.3 Å². The van der Waals surface area contributed by atoms with Crippen LogP contribution in [0.1, 0.15) is 36.7 Å². The molecule has 2 N–H and O–H groups in total. The standard InChI is InChI=1S/C23H26FN3O2/c1-15(2)11-21(28)25-12-16-13-27(14-23(16)9-10-23)22(29)20-8-7-19(26-20)17-5-3-4-6-18(17)24/h3-8,16,26H,1,9-14H2,2H3,(H,25,28). The highest BCUT2D eigenvalue weighted by molar-refractivity contribution is 5.93. The minimum absolute atomic E-state index is 0.0167. The molecule has 4 rings (SSSR count). The third-order valence-electron chi connectivity index (χ3n) is 6.08. The lowest BCUT2D eigenvalue weighted by Gasteiger charge is -2.17. The summed E-state index contributed by atoms with van der Waals surface area (Å²) in [4.78, 5) is 29.9. The number of carbonyl (C=O) groups excluding carboxylic acids is 2. The number of aromatic nitrogens is 1. The Labute approximate surface area is 170 Å². The van der Waals surface area contributed by atoms with E-state index in [0.717, 1.165) is 18.4 Å². The van der Waals surface area contributed by atoms with E-state index in [1.54, 1.807) is 30.3 Å². The lowest BCUT2D eigenvalue weighted by atomic mass is 9.93. The van der Waals surface area contributed by atoms with Gasteiger partial charge in [-0.05, 0) is 49.4 Å². The number of benzene rings is 1. The second-order valence-corrected chi connectivity index (χ2v) is 8.45. The summed E-state index contributed by atoms with van der Waals surface area (Å²) in [5.41, 5.74) is 2.48. The zero-order chi connectivity index (χ0) is 20.6. The van der Waals surface area contributed by atoms with Gasteiger partial charge in [0.15, 0.2) is 0 Å². The average Bonchev–Trinajstić information content (AvgIpc) is 3.13. The molecule has 0 radical (unpaired) electrons. The monoisotopic (exact) mass is 395 g/mol. The minimum Gasteiger partial charge on any atom is -0.355 e. The largest absolute Gasteiger partial charge is 0.355 e. The molecule has 152 valence electrons. The Balaban J connectivity index is 1.42. The minimum atomic E-state index is -0.322. The predicted octanol–water partition coefficient (Wildman–Crippen LogP) is 3.76. The van der Waals surface area contributed by atoms with E-state index in [9.17, 15) is 14.0 Å². The highest BCUT2D eigenvalue weighted by atomic mass is 19.1. The summed E-state index contributed by atoms with van der Waals surface area (Å²) in [5, 5.41) is 3.00. The van der Waals surface area contributed by atoms with E-state index >= 15 is 0 Å². The molecule has 2 aromatic rings. The summed E-state index contributed by atoms with van der Waals surface area (Å²) in [7, 11) is 0. The quantitative estimate of drug-likeness (QED) is 0.732. The maximum atomic E-state index is 14.0.